The predicted octanol–water partition coefficient (Wildman–Crippen LogP) is 3.89. The molecule has 0 bridgehead atoms. The summed E-state index contributed by atoms with van der Waals surface area (Å²) in [7, 11) is -3.34. The summed E-state index contributed by atoms with van der Waals surface area (Å²) < 4.78 is 31.4. The van der Waals surface area contributed by atoms with Crippen LogP contribution in [0.1, 0.15) is 31.1 Å². The molecule has 1 saturated heterocycles. The van der Waals surface area contributed by atoms with E-state index in [0.29, 0.717) is 23.7 Å². The number of ether oxygens (including phenoxy) is 1. The number of amides is 1. The van der Waals surface area contributed by atoms with Crippen LogP contribution in [0.2, 0.25) is 5.02 Å². The maximum Gasteiger partial charge on any atom is 0.266 e. The molecule has 0 spiro atoms. The van der Waals surface area contributed by atoms with Crippen molar-refractivity contribution in [1.82, 2.24) is 4.90 Å². The van der Waals surface area contributed by atoms with Gasteiger partial charge in [-0.25, -0.2) is 8.42 Å². The monoisotopic (exact) mass is 421 g/mol. The Morgan fingerprint density at radius 1 is 1.07 bits per heavy atom. The van der Waals surface area contributed by atoms with E-state index in [4.69, 9.17) is 16.3 Å². The van der Waals surface area contributed by atoms with Crippen LogP contribution >= 0.6 is 11.6 Å². The Morgan fingerprint density at radius 2 is 1.71 bits per heavy atom. The van der Waals surface area contributed by atoms with Crippen molar-refractivity contribution in [1.29, 1.82) is 0 Å². The molecule has 3 rings (SSSR count). The van der Waals surface area contributed by atoms with Gasteiger partial charge in [-0.05, 0) is 50.1 Å². The third-order valence-electron chi connectivity index (χ3n) is 4.90. The fourth-order valence-electron chi connectivity index (χ4n) is 3.41. The third kappa shape index (κ3) is 4.67. The summed E-state index contributed by atoms with van der Waals surface area (Å²) in [6.07, 6.45) is 0.370. The summed E-state index contributed by atoms with van der Waals surface area (Å²) in [5.41, 5.74) is -0.349. The van der Waals surface area contributed by atoms with Gasteiger partial charge < -0.3 is 9.64 Å². The Labute approximate surface area is 171 Å². The third-order valence-corrected chi connectivity index (χ3v) is 7.28. The second-order valence-electron chi connectivity index (χ2n) is 7.41. The lowest BCUT2D eigenvalue weighted by Crippen LogP contribution is -2.49. The minimum Gasteiger partial charge on any atom is -0.478 e. The highest BCUT2D eigenvalue weighted by Crippen LogP contribution is 2.30. The zero-order chi connectivity index (χ0) is 20.4. The van der Waals surface area contributed by atoms with Gasteiger partial charge in [-0.3, -0.25) is 4.79 Å². The van der Waals surface area contributed by atoms with Crippen molar-refractivity contribution >= 4 is 27.3 Å². The normalized spacial score (nSPS) is 19.7. The van der Waals surface area contributed by atoms with Gasteiger partial charge in [0.15, 0.2) is 15.4 Å². The van der Waals surface area contributed by atoms with Crippen molar-refractivity contribution in [3.63, 3.8) is 0 Å². The molecule has 0 saturated carbocycles. The van der Waals surface area contributed by atoms with Gasteiger partial charge in [-0.15, -0.1) is 0 Å². The van der Waals surface area contributed by atoms with Crippen LogP contribution < -0.4 is 4.74 Å². The average Bonchev–Trinajstić information content (AvgIpc) is 2.81. The van der Waals surface area contributed by atoms with Crippen LogP contribution in [0.15, 0.2) is 54.6 Å². The molecule has 28 heavy (non-hydrogen) atoms. The van der Waals surface area contributed by atoms with E-state index in [2.05, 4.69) is 0 Å². The fraction of sp³-hybridized carbons (Fsp3) is 0.381. The van der Waals surface area contributed by atoms with Crippen molar-refractivity contribution in [2.45, 2.75) is 31.1 Å². The van der Waals surface area contributed by atoms with E-state index in [9.17, 15) is 13.2 Å². The second-order valence-corrected chi connectivity index (χ2v) is 10.2. The lowest BCUT2D eigenvalue weighted by atomic mass is 10.1. The first kappa shape index (κ1) is 20.7. The van der Waals surface area contributed by atoms with E-state index in [-0.39, 0.29) is 18.2 Å². The van der Waals surface area contributed by atoms with Crippen molar-refractivity contribution in [2.24, 2.45) is 0 Å². The number of benzene rings is 2. The number of nitrogens with zero attached hydrogens (tertiary/aromatic N) is 1. The van der Waals surface area contributed by atoms with Gasteiger partial charge in [0.2, 0.25) is 0 Å². The van der Waals surface area contributed by atoms with Crippen LogP contribution in [0.3, 0.4) is 0 Å². The summed E-state index contributed by atoms with van der Waals surface area (Å²) in [5.74, 6) is 0.244. The van der Waals surface area contributed by atoms with Crippen LogP contribution in [0.25, 0.3) is 0 Å². The predicted molar refractivity (Wildman–Crippen MR) is 110 cm³/mol. The number of hydrogen-bond donors (Lipinski definition) is 0. The lowest BCUT2D eigenvalue weighted by molar-refractivity contribution is -0.145. The first-order valence-electron chi connectivity index (χ1n) is 9.19. The number of sulfone groups is 1. The Balaban J connectivity index is 1.75. The molecule has 5 nitrogen and oxygen atoms in total. The highest BCUT2D eigenvalue weighted by Gasteiger charge is 2.38. The van der Waals surface area contributed by atoms with E-state index < -0.39 is 20.7 Å². The molecule has 1 fully saturated rings. The number of rotatable bonds is 4. The Bertz CT molecular complexity index is 927. The second kappa shape index (κ2) is 8.13. The average molecular weight is 422 g/mol. The number of halogens is 1. The summed E-state index contributed by atoms with van der Waals surface area (Å²) >= 11 is 5.89. The summed E-state index contributed by atoms with van der Waals surface area (Å²) in [5, 5.41) is -0.00652. The molecule has 0 radical (unpaired) electrons. The molecule has 0 aromatic heterocycles. The number of carbonyl (C=O) groups is 1. The molecule has 0 N–H and O–H groups in total. The molecule has 1 amide bonds. The van der Waals surface area contributed by atoms with Crippen LogP contribution in [0.5, 0.6) is 5.75 Å². The minimum absolute atomic E-state index is 0.0602. The molecule has 7 heteroatoms. The first-order valence-corrected chi connectivity index (χ1v) is 11.3. The van der Waals surface area contributed by atoms with E-state index in [1.165, 1.54) is 0 Å². The number of hydrogen-bond acceptors (Lipinski definition) is 4. The first-order chi connectivity index (χ1) is 13.2. The summed E-state index contributed by atoms with van der Waals surface area (Å²) in [6.45, 7) is 3.92. The van der Waals surface area contributed by atoms with Gasteiger partial charge in [0, 0.05) is 18.1 Å². The van der Waals surface area contributed by atoms with E-state index in [0.717, 1.165) is 5.56 Å². The molecule has 1 aliphatic rings. The molecule has 1 unspecified atom stereocenters. The minimum atomic E-state index is -3.34. The summed E-state index contributed by atoms with van der Waals surface area (Å²) in [4.78, 5) is 14.7. The van der Waals surface area contributed by atoms with Crippen molar-refractivity contribution < 1.29 is 17.9 Å². The largest absolute Gasteiger partial charge is 0.478 e. The lowest BCUT2D eigenvalue weighted by Gasteiger charge is -2.31. The Hall–Kier alpha value is -2.05. The molecule has 1 aliphatic heterocycles. The van der Waals surface area contributed by atoms with E-state index in [1.54, 1.807) is 43.0 Å². The van der Waals surface area contributed by atoms with Crippen molar-refractivity contribution in [3.05, 3.63) is 65.2 Å². The quantitative estimate of drug-likeness (QED) is 0.751. The topological polar surface area (TPSA) is 63.7 Å². The van der Waals surface area contributed by atoms with Crippen LogP contribution in [-0.2, 0) is 14.6 Å². The van der Waals surface area contributed by atoms with Gasteiger partial charge in [0.25, 0.3) is 5.91 Å². The van der Waals surface area contributed by atoms with Crippen molar-refractivity contribution in [2.75, 3.05) is 18.8 Å². The maximum atomic E-state index is 13.1. The zero-order valence-electron chi connectivity index (χ0n) is 16.0. The van der Waals surface area contributed by atoms with E-state index in [1.807, 2.05) is 30.3 Å². The van der Waals surface area contributed by atoms with E-state index >= 15 is 0 Å². The fourth-order valence-corrected chi connectivity index (χ4v) is 5.33. The van der Waals surface area contributed by atoms with Crippen LogP contribution in [0, 0.1) is 0 Å². The molecule has 0 aliphatic carbocycles. The van der Waals surface area contributed by atoms with Gasteiger partial charge in [0.05, 0.1) is 11.0 Å². The molecular formula is C21H24ClNO4S. The van der Waals surface area contributed by atoms with Gasteiger partial charge in [-0.1, -0.05) is 41.9 Å². The highest BCUT2D eigenvalue weighted by atomic mass is 35.5. The van der Waals surface area contributed by atoms with Crippen LogP contribution in [0.4, 0.5) is 0 Å². The standard InChI is InChI=1S/C21H24ClNO4S/c1-21(2,27-18-10-8-17(22)9-11-18)20(24)23-13-12-19(28(25,26)15-14-23)16-6-4-3-5-7-16/h3-11,19H,12-15H2,1-2H3. The zero-order valence-corrected chi connectivity index (χ0v) is 17.5. The smallest absolute Gasteiger partial charge is 0.266 e. The Morgan fingerprint density at radius 3 is 2.36 bits per heavy atom. The molecular weight excluding hydrogens is 398 g/mol. The molecule has 2 aromatic carbocycles. The molecule has 1 atom stereocenters. The Kier molecular flexibility index (Phi) is 6.01. The molecule has 2 aromatic rings. The SMILES string of the molecule is CC(C)(Oc1ccc(Cl)cc1)C(=O)N1CCC(c2ccccc2)S(=O)(=O)CC1. The van der Waals surface area contributed by atoms with Crippen LogP contribution in [-0.4, -0.2) is 43.7 Å². The van der Waals surface area contributed by atoms with Gasteiger partial charge >= 0.3 is 0 Å². The number of carbonyl (C=O) groups excluding carboxylic acids is 1. The highest BCUT2D eigenvalue weighted by molar-refractivity contribution is 7.91. The summed E-state index contributed by atoms with van der Waals surface area (Å²) in [6, 6.07) is 16.0. The molecule has 150 valence electrons. The molecule has 1 heterocycles. The van der Waals surface area contributed by atoms with Crippen molar-refractivity contribution in [3.8, 4) is 5.75 Å². The van der Waals surface area contributed by atoms with Gasteiger partial charge in [-0.2, -0.15) is 0 Å². The van der Waals surface area contributed by atoms with Gasteiger partial charge in [0.1, 0.15) is 5.75 Å². The maximum absolute atomic E-state index is 13.1.